The molecule has 0 bridgehead atoms. The highest BCUT2D eigenvalue weighted by Crippen LogP contribution is 2.46. The third kappa shape index (κ3) is 3.79. The summed E-state index contributed by atoms with van der Waals surface area (Å²) in [4.78, 5) is 5.76. The van der Waals surface area contributed by atoms with Gasteiger partial charge in [0.25, 0.3) is 0 Å². The van der Waals surface area contributed by atoms with E-state index in [0.717, 1.165) is 0 Å². The van der Waals surface area contributed by atoms with E-state index in [4.69, 9.17) is 0 Å². The number of aromatic nitrogens is 1. The average Bonchev–Trinajstić information content (AvgIpc) is 2.58. The van der Waals surface area contributed by atoms with E-state index < -0.39 is 0 Å². The first-order chi connectivity index (χ1) is 8.69. The van der Waals surface area contributed by atoms with E-state index in [9.17, 15) is 0 Å². The lowest BCUT2D eigenvalue weighted by Gasteiger charge is -2.46. The molecule has 0 radical (unpaired) electrons. The Balaban J connectivity index is 2.05. The maximum Gasteiger partial charge on any atom is 0.0798 e. The molecule has 0 aromatic carbocycles. The predicted octanol–water partition coefficient (Wildman–Crippen LogP) is 4.71. The molecule has 0 saturated heterocycles. The van der Waals surface area contributed by atoms with E-state index in [-0.39, 0.29) is 0 Å². The van der Waals surface area contributed by atoms with Crippen molar-refractivity contribution in [3.8, 4) is 0 Å². The third-order valence-electron chi connectivity index (χ3n) is 4.22. The van der Waals surface area contributed by atoms with Crippen LogP contribution in [0.2, 0.25) is 0 Å². The number of hydrogen-bond acceptors (Lipinski definition) is 3. The van der Waals surface area contributed by atoms with Crippen LogP contribution in [0.15, 0.2) is 5.51 Å². The minimum absolute atomic E-state index is 0.419. The monoisotopic (exact) mass is 280 g/mol. The van der Waals surface area contributed by atoms with E-state index in [0.29, 0.717) is 22.9 Å². The van der Waals surface area contributed by atoms with Crippen LogP contribution < -0.4 is 5.32 Å². The first-order valence-corrected chi connectivity index (χ1v) is 8.23. The van der Waals surface area contributed by atoms with Gasteiger partial charge in [0, 0.05) is 17.0 Å². The summed E-state index contributed by atoms with van der Waals surface area (Å²) >= 11 is 1.77. The van der Waals surface area contributed by atoms with Gasteiger partial charge in [0.1, 0.15) is 0 Å². The van der Waals surface area contributed by atoms with Crippen LogP contribution in [0.1, 0.15) is 70.5 Å². The topological polar surface area (TPSA) is 24.9 Å². The van der Waals surface area contributed by atoms with E-state index in [1.165, 1.54) is 29.8 Å². The summed E-state index contributed by atoms with van der Waals surface area (Å²) in [5.74, 6) is 0. The fourth-order valence-electron chi connectivity index (χ4n) is 4.12. The number of hydrogen-bond donors (Lipinski definition) is 1. The molecule has 1 aromatic heterocycles. The molecular weight excluding hydrogens is 252 g/mol. The molecule has 19 heavy (non-hydrogen) atoms. The van der Waals surface area contributed by atoms with Crippen molar-refractivity contribution in [2.24, 2.45) is 10.8 Å². The molecule has 108 valence electrons. The van der Waals surface area contributed by atoms with Gasteiger partial charge in [0.15, 0.2) is 0 Å². The van der Waals surface area contributed by atoms with Gasteiger partial charge in [-0.2, -0.15) is 0 Å². The average molecular weight is 280 g/mol. The molecule has 1 N–H and O–H groups in total. The normalized spacial score (nSPS) is 24.3. The summed E-state index contributed by atoms with van der Waals surface area (Å²) in [6.45, 7) is 14.0. The van der Waals surface area contributed by atoms with Crippen molar-refractivity contribution in [2.75, 3.05) is 0 Å². The molecule has 2 rings (SSSR count). The zero-order valence-electron chi connectivity index (χ0n) is 13.2. The molecule has 0 aliphatic heterocycles. The molecule has 0 amide bonds. The van der Waals surface area contributed by atoms with Crippen molar-refractivity contribution in [1.82, 2.24) is 10.3 Å². The maximum atomic E-state index is 4.37. The number of nitrogens with one attached hydrogen (secondary N) is 1. The van der Waals surface area contributed by atoms with Crippen molar-refractivity contribution in [1.29, 1.82) is 0 Å². The Hall–Kier alpha value is -0.410. The highest BCUT2D eigenvalue weighted by atomic mass is 32.1. The van der Waals surface area contributed by atoms with Crippen molar-refractivity contribution in [2.45, 2.75) is 72.9 Å². The highest BCUT2D eigenvalue weighted by molar-refractivity contribution is 7.09. The molecule has 1 heterocycles. The molecule has 0 spiro atoms. The summed E-state index contributed by atoms with van der Waals surface area (Å²) in [5, 5.41) is 3.84. The number of aryl methyl sites for hydroxylation is 1. The Kier molecular flexibility index (Phi) is 4.08. The lowest BCUT2D eigenvalue weighted by atomic mass is 9.63. The first-order valence-electron chi connectivity index (χ1n) is 7.35. The number of rotatable bonds is 3. The van der Waals surface area contributed by atoms with E-state index in [1.807, 2.05) is 5.51 Å². The second-order valence-electron chi connectivity index (χ2n) is 7.80. The van der Waals surface area contributed by atoms with Crippen LogP contribution in [0.4, 0.5) is 0 Å². The summed E-state index contributed by atoms with van der Waals surface area (Å²) in [6, 6.07) is 1.04. The van der Waals surface area contributed by atoms with Gasteiger partial charge in [-0.1, -0.05) is 27.7 Å². The zero-order chi connectivity index (χ0) is 14.3. The fraction of sp³-hybridized carbons (Fsp3) is 0.812. The van der Waals surface area contributed by atoms with Gasteiger partial charge >= 0.3 is 0 Å². The molecule has 1 atom stereocenters. The van der Waals surface area contributed by atoms with Gasteiger partial charge in [-0.15, -0.1) is 11.3 Å². The van der Waals surface area contributed by atoms with Crippen molar-refractivity contribution >= 4 is 11.3 Å². The summed E-state index contributed by atoms with van der Waals surface area (Å²) in [5.41, 5.74) is 4.03. The molecule has 1 aliphatic carbocycles. The lowest BCUT2D eigenvalue weighted by Crippen LogP contribution is -2.44. The maximum absolute atomic E-state index is 4.37. The van der Waals surface area contributed by atoms with E-state index >= 15 is 0 Å². The second-order valence-corrected chi connectivity index (χ2v) is 8.69. The first kappa shape index (κ1) is 15.0. The molecule has 1 aromatic rings. The van der Waals surface area contributed by atoms with Gasteiger partial charge in [-0.3, -0.25) is 0 Å². The largest absolute Gasteiger partial charge is 0.307 e. The minimum Gasteiger partial charge on any atom is -0.307 e. The van der Waals surface area contributed by atoms with Crippen molar-refractivity contribution in [3.05, 3.63) is 16.1 Å². The van der Waals surface area contributed by atoms with Crippen LogP contribution in [0.25, 0.3) is 0 Å². The van der Waals surface area contributed by atoms with Gasteiger partial charge in [-0.05, 0) is 43.9 Å². The SMILES string of the molecule is Cc1ncsc1C(C)NC1CC(C)(C)CC(C)(C)C1. The third-order valence-corrected chi connectivity index (χ3v) is 5.33. The van der Waals surface area contributed by atoms with Crippen LogP contribution in [-0.4, -0.2) is 11.0 Å². The zero-order valence-corrected chi connectivity index (χ0v) is 14.0. The van der Waals surface area contributed by atoms with Crippen LogP contribution in [-0.2, 0) is 0 Å². The van der Waals surface area contributed by atoms with Gasteiger partial charge in [0.05, 0.1) is 11.2 Å². The Bertz CT molecular complexity index is 418. The number of thiazole rings is 1. The molecule has 1 fully saturated rings. The summed E-state index contributed by atoms with van der Waals surface area (Å²) in [6.07, 6.45) is 3.88. The quantitative estimate of drug-likeness (QED) is 0.867. The highest BCUT2D eigenvalue weighted by Gasteiger charge is 2.38. The molecule has 1 unspecified atom stereocenters. The standard InChI is InChI=1S/C16H28N2S/c1-11-14(19-10-17-11)12(2)18-13-7-15(3,4)9-16(5,6)8-13/h10,12-13,18H,7-9H2,1-6H3. The molecule has 2 nitrogen and oxygen atoms in total. The van der Waals surface area contributed by atoms with Gasteiger partial charge in [0.2, 0.25) is 0 Å². The lowest BCUT2D eigenvalue weighted by molar-refractivity contribution is 0.0812. The van der Waals surface area contributed by atoms with Crippen LogP contribution in [0.5, 0.6) is 0 Å². The Morgan fingerprint density at radius 3 is 2.32 bits per heavy atom. The molecular formula is C16H28N2S. The van der Waals surface area contributed by atoms with Gasteiger partial charge in [-0.25, -0.2) is 4.98 Å². The van der Waals surface area contributed by atoms with Crippen LogP contribution >= 0.6 is 11.3 Å². The van der Waals surface area contributed by atoms with E-state index in [1.54, 1.807) is 11.3 Å². The summed E-state index contributed by atoms with van der Waals surface area (Å²) in [7, 11) is 0. The van der Waals surface area contributed by atoms with Crippen molar-refractivity contribution in [3.63, 3.8) is 0 Å². The Morgan fingerprint density at radius 1 is 1.26 bits per heavy atom. The van der Waals surface area contributed by atoms with E-state index in [2.05, 4.69) is 51.8 Å². The molecule has 3 heteroatoms. The minimum atomic E-state index is 0.419. The summed E-state index contributed by atoms with van der Waals surface area (Å²) < 4.78 is 0. The van der Waals surface area contributed by atoms with Crippen LogP contribution in [0.3, 0.4) is 0 Å². The van der Waals surface area contributed by atoms with Crippen molar-refractivity contribution < 1.29 is 0 Å². The molecule has 1 saturated carbocycles. The smallest absolute Gasteiger partial charge is 0.0798 e. The van der Waals surface area contributed by atoms with Gasteiger partial charge < -0.3 is 5.32 Å². The molecule has 1 aliphatic rings. The second kappa shape index (κ2) is 5.17. The Labute approximate surface area is 122 Å². The van der Waals surface area contributed by atoms with Crippen LogP contribution in [0, 0.1) is 17.8 Å². The Morgan fingerprint density at radius 2 is 1.84 bits per heavy atom. The number of nitrogens with zero attached hydrogens (tertiary/aromatic N) is 1. The fourth-order valence-corrected chi connectivity index (χ4v) is 4.94. The predicted molar refractivity (Wildman–Crippen MR) is 83.6 cm³/mol.